The first-order valence-corrected chi connectivity index (χ1v) is 8.55. The number of aromatic nitrogens is 2. The summed E-state index contributed by atoms with van der Waals surface area (Å²) in [5.41, 5.74) is 7.06. The van der Waals surface area contributed by atoms with Crippen LogP contribution < -0.4 is 5.32 Å². The summed E-state index contributed by atoms with van der Waals surface area (Å²) in [5, 5.41) is 3.50. The van der Waals surface area contributed by atoms with Crippen molar-refractivity contribution in [1.29, 1.82) is 0 Å². The standard InChI is InChI=1S/C22H21N3/c1-16-12-13-19(14-17(16)2)25-21-11-7-6-10-20(21)24-22(25)23-15-18-8-4-3-5-9-18/h3-14H,15H2,1-2H3,(H,23,24). The normalized spacial score (nSPS) is 11.0. The molecular formula is C22H21N3. The van der Waals surface area contributed by atoms with E-state index < -0.39 is 0 Å². The Morgan fingerprint density at radius 2 is 1.60 bits per heavy atom. The maximum Gasteiger partial charge on any atom is 0.208 e. The summed E-state index contributed by atoms with van der Waals surface area (Å²) in [6.07, 6.45) is 0. The third kappa shape index (κ3) is 3.01. The summed E-state index contributed by atoms with van der Waals surface area (Å²) in [6, 6.07) is 25.2. The molecule has 4 aromatic rings. The Morgan fingerprint density at radius 1 is 0.840 bits per heavy atom. The average molecular weight is 327 g/mol. The zero-order chi connectivity index (χ0) is 17.2. The van der Waals surface area contributed by atoms with Crippen molar-refractivity contribution in [1.82, 2.24) is 9.55 Å². The number of para-hydroxylation sites is 2. The maximum atomic E-state index is 4.81. The van der Waals surface area contributed by atoms with Gasteiger partial charge in [-0.05, 0) is 54.8 Å². The molecule has 0 bridgehead atoms. The highest BCUT2D eigenvalue weighted by Crippen LogP contribution is 2.26. The number of imidazole rings is 1. The average Bonchev–Trinajstić information content (AvgIpc) is 3.01. The summed E-state index contributed by atoms with van der Waals surface area (Å²) in [6.45, 7) is 5.03. The largest absolute Gasteiger partial charge is 0.351 e. The molecule has 1 N–H and O–H groups in total. The van der Waals surface area contributed by atoms with Gasteiger partial charge >= 0.3 is 0 Å². The van der Waals surface area contributed by atoms with Crippen molar-refractivity contribution in [2.45, 2.75) is 20.4 Å². The van der Waals surface area contributed by atoms with Crippen LogP contribution in [0.15, 0.2) is 72.8 Å². The van der Waals surface area contributed by atoms with Gasteiger partial charge < -0.3 is 5.32 Å². The van der Waals surface area contributed by atoms with Crippen LogP contribution >= 0.6 is 0 Å². The number of benzene rings is 3. The quantitative estimate of drug-likeness (QED) is 0.554. The van der Waals surface area contributed by atoms with Crippen molar-refractivity contribution in [3.05, 3.63) is 89.5 Å². The molecule has 1 heterocycles. The first-order chi connectivity index (χ1) is 12.2. The smallest absolute Gasteiger partial charge is 0.208 e. The number of anilines is 1. The summed E-state index contributed by atoms with van der Waals surface area (Å²) in [5.74, 6) is 0.869. The van der Waals surface area contributed by atoms with Crippen molar-refractivity contribution >= 4 is 17.0 Å². The molecule has 0 amide bonds. The molecule has 0 radical (unpaired) electrons. The van der Waals surface area contributed by atoms with Crippen molar-refractivity contribution in [3.8, 4) is 5.69 Å². The molecule has 3 aromatic carbocycles. The fraction of sp³-hybridized carbons (Fsp3) is 0.136. The van der Waals surface area contributed by atoms with Crippen LogP contribution in [0.3, 0.4) is 0 Å². The minimum absolute atomic E-state index is 0.745. The van der Waals surface area contributed by atoms with E-state index >= 15 is 0 Å². The maximum absolute atomic E-state index is 4.81. The number of rotatable bonds is 4. The summed E-state index contributed by atoms with van der Waals surface area (Å²) >= 11 is 0. The van der Waals surface area contributed by atoms with Crippen LogP contribution in [0.4, 0.5) is 5.95 Å². The topological polar surface area (TPSA) is 29.9 Å². The number of fused-ring (bicyclic) bond motifs is 1. The van der Waals surface area contributed by atoms with Gasteiger partial charge in [-0.3, -0.25) is 4.57 Å². The second kappa shape index (κ2) is 6.44. The zero-order valence-corrected chi connectivity index (χ0v) is 14.5. The molecule has 0 aliphatic heterocycles. The molecule has 3 nitrogen and oxygen atoms in total. The second-order valence-corrected chi connectivity index (χ2v) is 6.37. The monoisotopic (exact) mass is 327 g/mol. The Morgan fingerprint density at radius 3 is 2.40 bits per heavy atom. The summed E-state index contributed by atoms with van der Waals surface area (Å²) < 4.78 is 2.20. The minimum atomic E-state index is 0.745. The van der Waals surface area contributed by atoms with E-state index in [1.807, 2.05) is 12.1 Å². The lowest BCUT2D eigenvalue weighted by Crippen LogP contribution is -2.06. The number of nitrogens with zero attached hydrogens (tertiary/aromatic N) is 2. The molecule has 0 spiro atoms. The van der Waals surface area contributed by atoms with Crippen LogP contribution in [-0.2, 0) is 6.54 Å². The van der Waals surface area contributed by atoms with E-state index in [4.69, 9.17) is 4.98 Å². The third-order valence-corrected chi connectivity index (χ3v) is 4.60. The van der Waals surface area contributed by atoms with Crippen LogP contribution in [0.2, 0.25) is 0 Å². The van der Waals surface area contributed by atoms with E-state index in [0.717, 1.165) is 29.2 Å². The zero-order valence-electron chi connectivity index (χ0n) is 14.5. The van der Waals surface area contributed by atoms with E-state index in [-0.39, 0.29) is 0 Å². The minimum Gasteiger partial charge on any atom is -0.351 e. The van der Waals surface area contributed by atoms with E-state index in [0.29, 0.717) is 0 Å². The molecule has 0 saturated carbocycles. The number of hydrogen-bond donors (Lipinski definition) is 1. The van der Waals surface area contributed by atoms with Gasteiger partial charge in [0.1, 0.15) is 0 Å². The molecular weight excluding hydrogens is 306 g/mol. The predicted molar refractivity (Wildman–Crippen MR) is 104 cm³/mol. The van der Waals surface area contributed by atoms with Crippen LogP contribution in [0.5, 0.6) is 0 Å². The molecule has 1 aromatic heterocycles. The van der Waals surface area contributed by atoms with Gasteiger partial charge in [0.2, 0.25) is 5.95 Å². The number of aryl methyl sites for hydroxylation is 2. The van der Waals surface area contributed by atoms with Gasteiger partial charge in [-0.15, -0.1) is 0 Å². The van der Waals surface area contributed by atoms with Crippen LogP contribution in [0.1, 0.15) is 16.7 Å². The highest BCUT2D eigenvalue weighted by atomic mass is 15.2. The van der Waals surface area contributed by atoms with Crippen LogP contribution in [-0.4, -0.2) is 9.55 Å². The predicted octanol–water partition coefficient (Wildman–Crippen LogP) is 5.25. The Kier molecular flexibility index (Phi) is 3.98. The van der Waals surface area contributed by atoms with Crippen LogP contribution in [0, 0.1) is 13.8 Å². The molecule has 124 valence electrons. The molecule has 0 saturated heterocycles. The molecule has 4 rings (SSSR count). The highest BCUT2D eigenvalue weighted by molar-refractivity contribution is 5.81. The first kappa shape index (κ1) is 15.5. The van der Waals surface area contributed by atoms with E-state index in [2.05, 4.69) is 84.4 Å². The Hall–Kier alpha value is -3.07. The highest BCUT2D eigenvalue weighted by Gasteiger charge is 2.12. The van der Waals surface area contributed by atoms with E-state index in [9.17, 15) is 0 Å². The van der Waals surface area contributed by atoms with Gasteiger partial charge in [-0.2, -0.15) is 0 Å². The lowest BCUT2D eigenvalue weighted by molar-refractivity contribution is 1.02. The second-order valence-electron chi connectivity index (χ2n) is 6.37. The fourth-order valence-electron chi connectivity index (χ4n) is 3.05. The van der Waals surface area contributed by atoms with Crippen molar-refractivity contribution in [2.24, 2.45) is 0 Å². The van der Waals surface area contributed by atoms with Gasteiger partial charge in [0.25, 0.3) is 0 Å². The Labute approximate surface area is 148 Å². The van der Waals surface area contributed by atoms with Gasteiger partial charge in [0.05, 0.1) is 11.0 Å². The first-order valence-electron chi connectivity index (χ1n) is 8.55. The van der Waals surface area contributed by atoms with Gasteiger partial charge in [-0.1, -0.05) is 48.5 Å². The van der Waals surface area contributed by atoms with Crippen molar-refractivity contribution in [2.75, 3.05) is 5.32 Å². The van der Waals surface area contributed by atoms with E-state index in [1.54, 1.807) is 0 Å². The van der Waals surface area contributed by atoms with Gasteiger partial charge in [0.15, 0.2) is 0 Å². The van der Waals surface area contributed by atoms with Crippen LogP contribution in [0.25, 0.3) is 16.7 Å². The molecule has 0 atom stereocenters. The van der Waals surface area contributed by atoms with Gasteiger partial charge in [0, 0.05) is 12.2 Å². The van der Waals surface area contributed by atoms with Crippen molar-refractivity contribution < 1.29 is 0 Å². The SMILES string of the molecule is Cc1ccc(-n2c(NCc3ccccc3)nc3ccccc32)cc1C. The summed E-state index contributed by atoms with van der Waals surface area (Å²) in [7, 11) is 0. The lowest BCUT2D eigenvalue weighted by Gasteiger charge is -2.12. The number of hydrogen-bond acceptors (Lipinski definition) is 2. The molecule has 25 heavy (non-hydrogen) atoms. The van der Waals surface area contributed by atoms with Crippen molar-refractivity contribution in [3.63, 3.8) is 0 Å². The molecule has 3 heteroatoms. The Balaban J connectivity index is 1.79. The fourth-order valence-corrected chi connectivity index (χ4v) is 3.05. The third-order valence-electron chi connectivity index (χ3n) is 4.60. The Bertz CT molecular complexity index is 1020. The molecule has 0 aliphatic rings. The van der Waals surface area contributed by atoms with Gasteiger partial charge in [-0.25, -0.2) is 4.98 Å². The lowest BCUT2D eigenvalue weighted by atomic mass is 10.1. The van der Waals surface area contributed by atoms with E-state index in [1.165, 1.54) is 16.7 Å². The molecule has 0 unspecified atom stereocenters. The number of nitrogens with one attached hydrogen (secondary N) is 1. The molecule has 0 fully saturated rings. The molecule has 0 aliphatic carbocycles. The summed E-state index contributed by atoms with van der Waals surface area (Å²) in [4.78, 5) is 4.81.